The van der Waals surface area contributed by atoms with Gasteiger partial charge in [0.1, 0.15) is 0 Å². The van der Waals surface area contributed by atoms with Gasteiger partial charge >= 0.3 is 0 Å². The van der Waals surface area contributed by atoms with Crippen LogP contribution in [0, 0.1) is 0 Å². The van der Waals surface area contributed by atoms with Gasteiger partial charge in [0.2, 0.25) is 0 Å². The smallest absolute Gasteiger partial charge is 0.0639 e. The topological polar surface area (TPSA) is 46.9 Å². The molecule has 1 aliphatic heterocycles. The Hall–Kier alpha value is -0.160. The molecule has 0 bridgehead atoms. The Morgan fingerprint density at radius 2 is 1.25 bits per heavy atom. The Bertz CT molecular complexity index is 187. The zero-order valence-electron chi connectivity index (χ0n) is 10.9. The van der Waals surface area contributed by atoms with Gasteiger partial charge in [-0.2, -0.15) is 0 Å². The summed E-state index contributed by atoms with van der Waals surface area (Å²) in [6.45, 7) is 11.5. The van der Waals surface area contributed by atoms with Gasteiger partial charge in [-0.25, -0.2) is 0 Å². The Morgan fingerprint density at radius 3 is 1.50 bits per heavy atom. The lowest BCUT2D eigenvalue weighted by Gasteiger charge is -2.45. The summed E-state index contributed by atoms with van der Waals surface area (Å²) >= 11 is 0. The first-order valence-corrected chi connectivity index (χ1v) is 6.24. The van der Waals surface area contributed by atoms with E-state index >= 15 is 0 Å². The zero-order valence-corrected chi connectivity index (χ0v) is 10.9. The number of aliphatic hydroxyl groups excluding tert-OH is 2. The summed E-state index contributed by atoms with van der Waals surface area (Å²) in [7, 11) is 0. The summed E-state index contributed by atoms with van der Waals surface area (Å²) in [6, 6.07) is 0.897. The van der Waals surface area contributed by atoms with Gasteiger partial charge in [-0.1, -0.05) is 0 Å². The van der Waals surface area contributed by atoms with Gasteiger partial charge in [-0.05, 0) is 27.7 Å². The number of aliphatic hydroxyl groups is 2. The van der Waals surface area contributed by atoms with Crippen LogP contribution < -0.4 is 0 Å². The standard InChI is InChI=1S/C12H26N2O2/c1-9-5-14(8-12(4)16)10(2)6-13(9)7-11(3)15/h9-12,15-16H,5-8H2,1-4H3/t9-,10-,11-,12+/m0/s1. The Morgan fingerprint density at radius 1 is 0.938 bits per heavy atom. The van der Waals surface area contributed by atoms with Crippen molar-refractivity contribution in [2.75, 3.05) is 26.2 Å². The molecule has 0 radical (unpaired) electrons. The molecule has 0 unspecified atom stereocenters. The van der Waals surface area contributed by atoms with Crippen LogP contribution in [-0.4, -0.2) is 70.5 Å². The molecule has 0 spiro atoms. The van der Waals surface area contributed by atoms with Gasteiger partial charge in [0.15, 0.2) is 0 Å². The average Bonchev–Trinajstić information content (AvgIpc) is 2.11. The second-order valence-corrected chi connectivity index (χ2v) is 5.30. The molecule has 4 heteroatoms. The first-order chi connectivity index (χ1) is 7.40. The molecule has 0 aromatic rings. The minimum absolute atomic E-state index is 0.266. The Labute approximate surface area is 98.9 Å². The van der Waals surface area contributed by atoms with Crippen molar-refractivity contribution in [2.45, 2.75) is 52.0 Å². The van der Waals surface area contributed by atoms with E-state index in [1.165, 1.54) is 0 Å². The van der Waals surface area contributed by atoms with Gasteiger partial charge in [-0.15, -0.1) is 0 Å². The molecular weight excluding hydrogens is 204 g/mol. The van der Waals surface area contributed by atoms with Gasteiger partial charge in [0.05, 0.1) is 12.2 Å². The minimum atomic E-state index is -0.266. The predicted octanol–water partition coefficient (Wildman–Crippen LogP) is 0.143. The third-order valence-corrected chi connectivity index (χ3v) is 3.24. The van der Waals surface area contributed by atoms with E-state index in [1.807, 2.05) is 13.8 Å². The molecule has 1 rings (SSSR count). The molecule has 0 aliphatic carbocycles. The lowest BCUT2D eigenvalue weighted by molar-refractivity contribution is -0.00115. The highest BCUT2D eigenvalue weighted by Crippen LogP contribution is 2.15. The number of hydrogen-bond acceptors (Lipinski definition) is 4. The normalized spacial score (nSPS) is 32.6. The molecule has 1 saturated heterocycles. The highest BCUT2D eigenvalue weighted by atomic mass is 16.3. The largest absolute Gasteiger partial charge is 0.392 e. The van der Waals surface area contributed by atoms with Crippen molar-refractivity contribution < 1.29 is 10.2 Å². The predicted molar refractivity (Wildman–Crippen MR) is 65.4 cm³/mol. The van der Waals surface area contributed by atoms with E-state index < -0.39 is 0 Å². The molecule has 1 heterocycles. The van der Waals surface area contributed by atoms with Gasteiger partial charge in [-0.3, -0.25) is 9.80 Å². The molecule has 0 saturated carbocycles. The van der Waals surface area contributed by atoms with Crippen LogP contribution in [0.1, 0.15) is 27.7 Å². The molecule has 1 fully saturated rings. The number of nitrogens with zero attached hydrogens (tertiary/aromatic N) is 2. The van der Waals surface area contributed by atoms with Crippen LogP contribution in [0.4, 0.5) is 0 Å². The Kier molecular flexibility index (Phi) is 5.18. The van der Waals surface area contributed by atoms with Gasteiger partial charge in [0, 0.05) is 38.3 Å². The van der Waals surface area contributed by atoms with Gasteiger partial charge in [0.25, 0.3) is 0 Å². The minimum Gasteiger partial charge on any atom is -0.392 e. The number of rotatable bonds is 4. The molecular formula is C12H26N2O2. The number of β-amino-alcohol motifs (C(OH)–C–C–N with tert-alkyl or cyclic N) is 2. The van der Waals surface area contributed by atoms with Crippen molar-refractivity contribution in [1.29, 1.82) is 0 Å². The van der Waals surface area contributed by atoms with E-state index in [-0.39, 0.29) is 12.2 Å². The summed E-state index contributed by atoms with van der Waals surface area (Å²) in [6.07, 6.45) is -0.532. The summed E-state index contributed by atoms with van der Waals surface area (Å²) in [5.74, 6) is 0. The summed E-state index contributed by atoms with van der Waals surface area (Å²) < 4.78 is 0. The second kappa shape index (κ2) is 5.96. The molecule has 1 aliphatic rings. The first kappa shape index (κ1) is 13.9. The third-order valence-electron chi connectivity index (χ3n) is 3.24. The zero-order chi connectivity index (χ0) is 12.3. The third kappa shape index (κ3) is 4.01. The highest BCUT2D eigenvalue weighted by Gasteiger charge is 2.29. The summed E-state index contributed by atoms with van der Waals surface area (Å²) in [4.78, 5) is 4.65. The quantitative estimate of drug-likeness (QED) is 0.721. The molecule has 4 atom stereocenters. The average molecular weight is 230 g/mol. The van der Waals surface area contributed by atoms with E-state index in [0.717, 1.165) is 26.2 Å². The summed E-state index contributed by atoms with van der Waals surface area (Å²) in [5, 5.41) is 18.8. The molecule has 96 valence electrons. The van der Waals surface area contributed by atoms with Crippen LogP contribution in [0.15, 0.2) is 0 Å². The van der Waals surface area contributed by atoms with Crippen LogP contribution in [0.25, 0.3) is 0 Å². The van der Waals surface area contributed by atoms with Crippen LogP contribution in [0.5, 0.6) is 0 Å². The van der Waals surface area contributed by atoms with Crippen LogP contribution in [0.2, 0.25) is 0 Å². The molecule has 2 N–H and O–H groups in total. The SMILES string of the molecule is C[C@H](O)CN1C[C@H](C)N(C[C@@H](C)O)C[C@@H]1C. The van der Waals surface area contributed by atoms with Crippen LogP contribution in [-0.2, 0) is 0 Å². The molecule has 16 heavy (non-hydrogen) atoms. The van der Waals surface area contributed by atoms with Crippen molar-refractivity contribution in [3.05, 3.63) is 0 Å². The summed E-state index contributed by atoms with van der Waals surface area (Å²) in [5.41, 5.74) is 0. The van der Waals surface area contributed by atoms with Crippen molar-refractivity contribution in [3.63, 3.8) is 0 Å². The monoisotopic (exact) mass is 230 g/mol. The second-order valence-electron chi connectivity index (χ2n) is 5.30. The maximum Gasteiger partial charge on any atom is 0.0639 e. The van der Waals surface area contributed by atoms with Gasteiger partial charge < -0.3 is 10.2 Å². The molecule has 4 nitrogen and oxygen atoms in total. The molecule has 0 amide bonds. The number of hydrogen-bond donors (Lipinski definition) is 2. The van der Waals surface area contributed by atoms with Crippen molar-refractivity contribution in [3.8, 4) is 0 Å². The fourth-order valence-electron chi connectivity index (χ4n) is 2.46. The lowest BCUT2D eigenvalue weighted by Crippen LogP contribution is -2.58. The van der Waals surface area contributed by atoms with Crippen molar-refractivity contribution in [2.24, 2.45) is 0 Å². The molecule has 0 aromatic heterocycles. The van der Waals surface area contributed by atoms with E-state index in [1.54, 1.807) is 0 Å². The van der Waals surface area contributed by atoms with Crippen LogP contribution >= 0.6 is 0 Å². The maximum atomic E-state index is 9.42. The lowest BCUT2D eigenvalue weighted by atomic mass is 10.1. The first-order valence-electron chi connectivity index (χ1n) is 6.24. The fraction of sp³-hybridized carbons (Fsp3) is 1.00. The van der Waals surface area contributed by atoms with E-state index in [9.17, 15) is 10.2 Å². The van der Waals surface area contributed by atoms with E-state index in [4.69, 9.17) is 0 Å². The Balaban J connectivity index is 2.49. The van der Waals surface area contributed by atoms with E-state index in [0.29, 0.717) is 12.1 Å². The highest BCUT2D eigenvalue weighted by molar-refractivity contribution is 4.85. The number of piperazine rings is 1. The fourth-order valence-corrected chi connectivity index (χ4v) is 2.46. The van der Waals surface area contributed by atoms with Crippen LogP contribution in [0.3, 0.4) is 0 Å². The maximum absolute atomic E-state index is 9.42. The molecule has 0 aromatic carbocycles. The van der Waals surface area contributed by atoms with E-state index in [2.05, 4.69) is 23.6 Å². The van der Waals surface area contributed by atoms with Crippen molar-refractivity contribution >= 4 is 0 Å². The van der Waals surface area contributed by atoms with Crippen molar-refractivity contribution in [1.82, 2.24) is 9.80 Å².